The molecule has 1 radical (unpaired) electrons. The minimum atomic E-state index is 0.302. The fraction of sp³-hybridized carbons (Fsp3) is 0.909. The highest BCUT2D eigenvalue weighted by atomic mass is 14.9. The van der Waals surface area contributed by atoms with E-state index >= 15 is 0 Å². The van der Waals surface area contributed by atoms with Crippen molar-refractivity contribution < 1.29 is 0 Å². The Hall–Kier alpha value is -0.0400. The average Bonchev–Trinajstić information content (AvgIpc) is 1.77. The Morgan fingerprint density at radius 1 is 1.00 bits per heavy atom. The second kappa shape index (κ2) is 3.78. The zero-order valence-corrected chi connectivity index (χ0v) is 9.49. The molecule has 73 valence electrons. The van der Waals surface area contributed by atoms with Crippen LogP contribution in [0.1, 0.15) is 41.5 Å². The molecule has 0 saturated heterocycles. The zero-order chi connectivity index (χ0) is 9.99. The minimum absolute atomic E-state index is 0.302. The van der Waals surface area contributed by atoms with Gasteiger partial charge in [0.15, 0.2) is 0 Å². The molecule has 0 atom stereocenters. The quantitative estimate of drug-likeness (QED) is 0.672. The highest BCUT2D eigenvalue weighted by molar-refractivity contribution is 4.89. The van der Waals surface area contributed by atoms with Gasteiger partial charge in [-0.3, -0.25) is 0 Å². The molecular weight excluding hydrogens is 146 g/mol. The van der Waals surface area contributed by atoms with Gasteiger partial charge in [-0.25, -0.2) is 0 Å². The van der Waals surface area contributed by atoms with E-state index in [1.54, 1.807) is 0 Å². The van der Waals surface area contributed by atoms with Crippen molar-refractivity contribution >= 4 is 0 Å². The van der Waals surface area contributed by atoms with Gasteiger partial charge in [-0.2, -0.15) is 0 Å². The predicted octanol–water partition coefficient (Wildman–Crippen LogP) is 2.87. The van der Waals surface area contributed by atoms with Crippen molar-refractivity contribution in [2.24, 2.45) is 10.8 Å². The number of nitrogens with one attached hydrogen (secondary N) is 1. The summed E-state index contributed by atoms with van der Waals surface area (Å²) in [4.78, 5) is 0. The smallest absolute Gasteiger partial charge is 0.0164 e. The molecule has 0 aliphatic heterocycles. The summed E-state index contributed by atoms with van der Waals surface area (Å²) in [6.45, 7) is 18.3. The highest BCUT2D eigenvalue weighted by Crippen LogP contribution is 2.32. The van der Waals surface area contributed by atoms with Gasteiger partial charge in [0.2, 0.25) is 0 Å². The van der Waals surface area contributed by atoms with Gasteiger partial charge >= 0.3 is 0 Å². The Morgan fingerprint density at radius 3 is 1.42 bits per heavy atom. The maximum Gasteiger partial charge on any atom is 0.0164 e. The van der Waals surface area contributed by atoms with Crippen molar-refractivity contribution in [3.8, 4) is 0 Å². The lowest BCUT2D eigenvalue weighted by molar-refractivity contribution is 0.144. The first-order valence-electron chi connectivity index (χ1n) is 4.72. The Morgan fingerprint density at radius 2 is 1.33 bits per heavy atom. The van der Waals surface area contributed by atoms with Crippen LogP contribution in [0.4, 0.5) is 0 Å². The van der Waals surface area contributed by atoms with Crippen molar-refractivity contribution in [1.82, 2.24) is 5.32 Å². The highest BCUT2D eigenvalue weighted by Gasteiger charge is 2.33. The fourth-order valence-corrected chi connectivity index (χ4v) is 2.06. The molecule has 1 heteroatoms. The van der Waals surface area contributed by atoms with Gasteiger partial charge in [-0.05, 0) is 24.3 Å². The van der Waals surface area contributed by atoms with Crippen LogP contribution in [0, 0.1) is 17.8 Å². The maximum atomic E-state index is 3.84. The molecule has 1 N–H and O–H groups in total. The normalized spacial score (nSPS) is 14.0. The van der Waals surface area contributed by atoms with E-state index in [1.807, 2.05) is 0 Å². The first-order valence-corrected chi connectivity index (χ1v) is 4.72. The molecule has 0 unspecified atom stereocenters. The van der Waals surface area contributed by atoms with E-state index in [9.17, 15) is 0 Å². The number of rotatable bonds is 2. The molecule has 0 aromatic heterocycles. The van der Waals surface area contributed by atoms with E-state index in [-0.39, 0.29) is 0 Å². The van der Waals surface area contributed by atoms with Crippen molar-refractivity contribution in [2.45, 2.75) is 47.6 Å². The summed E-state index contributed by atoms with van der Waals surface area (Å²) >= 11 is 0. The van der Waals surface area contributed by atoms with E-state index < -0.39 is 0 Å². The molecule has 0 heterocycles. The van der Waals surface area contributed by atoms with Gasteiger partial charge in [0.25, 0.3) is 0 Å². The molecule has 0 aromatic carbocycles. The number of hydrogen-bond acceptors (Lipinski definition) is 1. The average molecular weight is 170 g/mol. The summed E-state index contributed by atoms with van der Waals surface area (Å²) in [5.41, 5.74) is 0.603. The lowest BCUT2D eigenvalue weighted by Crippen LogP contribution is -2.49. The Labute approximate surface area is 77.9 Å². The van der Waals surface area contributed by atoms with Crippen LogP contribution >= 0.6 is 0 Å². The first-order chi connectivity index (χ1) is 5.19. The molecule has 0 aromatic rings. The summed E-state index contributed by atoms with van der Waals surface area (Å²) in [7, 11) is 0. The van der Waals surface area contributed by atoms with Gasteiger partial charge in [0, 0.05) is 6.04 Å². The van der Waals surface area contributed by atoms with E-state index in [4.69, 9.17) is 0 Å². The lowest BCUT2D eigenvalue weighted by Gasteiger charge is -2.41. The number of hydrogen-bond donors (Lipinski definition) is 1. The summed E-state index contributed by atoms with van der Waals surface area (Å²) in [5.74, 6) is 0. The van der Waals surface area contributed by atoms with Crippen molar-refractivity contribution in [2.75, 3.05) is 6.54 Å². The summed E-state index contributed by atoms with van der Waals surface area (Å²) < 4.78 is 0. The second-order valence-electron chi connectivity index (χ2n) is 5.62. The van der Waals surface area contributed by atoms with Crippen LogP contribution in [0.5, 0.6) is 0 Å². The zero-order valence-electron chi connectivity index (χ0n) is 9.49. The van der Waals surface area contributed by atoms with E-state index in [0.29, 0.717) is 16.9 Å². The summed E-state index contributed by atoms with van der Waals surface area (Å²) in [5, 5.41) is 3.45. The molecule has 1 nitrogen and oxygen atoms in total. The Balaban J connectivity index is 4.45. The van der Waals surface area contributed by atoms with Crippen molar-refractivity contribution in [3.63, 3.8) is 0 Å². The van der Waals surface area contributed by atoms with Gasteiger partial charge in [-0.15, -0.1) is 0 Å². The molecule has 0 rings (SSSR count). The largest absolute Gasteiger partial charge is 0.313 e. The summed E-state index contributed by atoms with van der Waals surface area (Å²) in [6.07, 6.45) is 0. The van der Waals surface area contributed by atoms with Crippen LogP contribution in [0.2, 0.25) is 0 Å². The van der Waals surface area contributed by atoms with Gasteiger partial charge in [-0.1, -0.05) is 41.5 Å². The molecule has 12 heavy (non-hydrogen) atoms. The van der Waals surface area contributed by atoms with Crippen LogP contribution < -0.4 is 5.32 Å². The third-order valence-corrected chi connectivity index (χ3v) is 2.08. The predicted molar refractivity (Wildman–Crippen MR) is 56.1 cm³/mol. The molecule has 0 spiro atoms. The van der Waals surface area contributed by atoms with E-state index in [1.165, 1.54) is 0 Å². The molecule has 0 amide bonds. The van der Waals surface area contributed by atoms with Crippen LogP contribution in [-0.4, -0.2) is 12.6 Å². The Kier molecular flexibility index (Phi) is 3.77. The molecule has 0 saturated carbocycles. The molecule has 0 aliphatic rings. The lowest BCUT2D eigenvalue weighted by atomic mass is 9.72. The van der Waals surface area contributed by atoms with Crippen LogP contribution in [0.3, 0.4) is 0 Å². The Bertz CT molecular complexity index is 111. The maximum absolute atomic E-state index is 3.84. The summed E-state index contributed by atoms with van der Waals surface area (Å²) in [6, 6.07) is 0.516. The monoisotopic (exact) mass is 170 g/mol. The molecule has 0 fully saturated rings. The molecular formula is C11H24N. The molecule has 0 aliphatic carbocycles. The third-order valence-electron chi connectivity index (χ3n) is 2.08. The van der Waals surface area contributed by atoms with Crippen LogP contribution in [-0.2, 0) is 0 Å². The third kappa shape index (κ3) is 3.57. The topological polar surface area (TPSA) is 12.0 Å². The molecule has 0 bridgehead atoms. The minimum Gasteiger partial charge on any atom is -0.313 e. The van der Waals surface area contributed by atoms with Crippen molar-refractivity contribution in [3.05, 3.63) is 6.92 Å². The SMILES string of the molecule is [CH2]CNC(C(C)(C)C)C(C)(C)C. The standard InChI is InChI=1S/C11H24N/c1-8-12-9(10(2,3)4)11(5,6)7/h9,12H,1,8H2,2-7H3. The van der Waals surface area contributed by atoms with Gasteiger partial charge in [0.05, 0.1) is 0 Å². The second-order valence-corrected chi connectivity index (χ2v) is 5.62. The van der Waals surface area contributed by atoms with Crippen molar-refractivity contribution in [1.29, 1.82) is 0 Å². The van der Waals surface area contributed by atoms with E-state index in [0.717, 1.165) is 6.54 Å². The van der Waals surface area contributed by atoms with Crippen LogP contribution in [0.25, 0.3) is 0 Å². The van der Waals surface area contributed by atoms with E-state index in [2.05, 4.69) is 53.8 Å². The fourth-order valence-electron chi connectivity index (χ4n) is 2.06. The van der Waals surface area contributed by atoms with Gasteiger partial charge in [0.1, 0.15) is 0 Å². The first kappa shape index (κ1) is 12.0. The van der Waals surface area contributed by atoms with Crippen LogP contribution in [0.15, 0.2) is 0 Å². The van der Waals surface area contributed by atoms with Gasteiger partial charge < -0.3 is 5.32 Å².